The molecule has 0 bridgehead atoms. The number of nitrogens with zero attached hydrogens (tertiary/aromatic N) is 2. The Kier molecular flexibility index (Phi) is 3.19. The van der Waals surface area contributed by atoms with Crippen molar-refractivity contribution in [2.24, 2.45) is 0 Å². The molecule has 16 heavy (non-hydrogen) atoms. The molecule has 0 radical (unpaired) electrons. The maximum atomic E-state index is 11.2. The monoisotopic (exact) mass is 235 g/mol. The first-order valence-corrected chi connectivity index (χ1v) is 5.45. The number of aliphatic hydroxyl groups is 1. The molecule has 0 aliphatic carbocycles. The van der Waals surface area contributed by atoms with Gasteiger partial charge in [0.05, 0.1) is 6.54 Å². The van der Waals surface area contributed by atoms with E-state index in [1.807, 2.05) is 11.4 Å². The lowest BCUT2D eigenvalue weighted by Gasteiger charge is -1.97. The molecule has 0 atom stereocenters. The normalized spacial score (nSPS) is 9.81. The Bertz CT molecular complexity index is 585. The molecular formula is C10H9N3O2S. The summed E-state index contributed by atoms with van der Waals surface area (Å²) in [5, 5.41) is 16.5. The maximum absolute atomic E-state index is 11.2. The van der Waals surface area contributed by atoms with Crippen molar-refractivity contribution in [2.75, 3.05) is 6.61 Å². The van der Waals surface area contributed by atoms with E-state index in [-0.39, 0.29) is 12.3 Å². The van der Waals surface area contributed by atoms with Crippen molar-refractivity contribution in [3.05, 3.63) is 38.7 Å². The molecule has 2 aromatic rings. The number of hydrogen-bond donors (Lipinski definition) is 2. The van der Waals surface area contributed by atoms with E-state index in [0.717, 1.165) is 10.4 Å². The minimum absolute atomic E-state index is 0.166. The number of aromatic amines is 1. The van der Waals surface area contributed by atoms with Crippen molar-refractivity contribution >= 4 is 11.3 Å². The summed E-state index contributed by atoms with van der Waals surface area (Å²) < 4.78 is 1.47. The fourth-order valence-corrected chi connectivity index (χ4v) is 2.08. The van der Waals surface area contributed by atoms with Crippen molar-refractivity contribution < 1.29 is 5.11 Å². The highest BCUT2D eigenvalue weighted by atomic mass is 32.1. The van der Waals surface area contributed by atoms with E-state index in [2.05, 4.69) is 22.0 Å². The standard InChI is InChI=1S/C10H9N3O2S/c14-4-1-2-8-3-5-16-9(8)6-13-7-11-12-10(13)15/h3,5,7,14H,4,6H2,(H,12,15). The second kappa shape index (κ2) is 4.79. The van der Waals surface area contributed by atoms with Crippen LogP contribution < -0.4 is 5.69 Å². The van der Waals surface area contributed by atoms with Crippen molar-refractivity contribution in [1.82, 2.24) is 14.8 Å². The van der Waals surface area contributed by atoms with Gasteiger partial charge in [-0.15, -0.1) is 11.3 Å². The fraction of sp³-hybridized carbons (Fsp3) is 0.200. The van der Waals surface area contributed by atoms with E-state index in [1.54, 1.807) is 0 Å². The third-order valence-corrected chi connectivity index (χ3v) is 2.89. The quantitative estimate of drug-likeness (QED) is 0.721. The Hall–Kier alpha value is -1.84. The van der Waals surface area contributed by atoms with Crippen LogP contribution in [0.4, 0.5) is 0 Å². The average Bonchev–Trinajstić information content (AvgIpc) is 2.87. The minimum atomic E-state index is -0.241. The van der Waals surface area contributed by atoms with Crippen LogP contribution in [0.5, 0.6) is 0 Å². The van der Waals surface area contributed by atoms with Gasteiger partial charge in [0.25, 0.3) is 0 Å². The Morgan fingerprint density at radius 3 is 3.19 bits per heavy atom. The smallest absolute Gasteiger partial charge is 0.343 e. The molecule has 6 heteroatoms. The summed E-state index contributed by atoms with van der Waals surface area (Å²) in [4.78, 5) is 12.2. The number of thiophene rings is 1. The van der Waals surface area contributed by atoms with Gasteiger partial charge in [0.2, 0.25) is 0 Å². The van der Waals surface area contributed by atoms with E-state index in [9.17, 15) is 4.79 Å². The number of nitrogens with one attached hydrogen (secondary N) is 1. The van der Waals surface area contributed by atoms with Gasteiger partial charge in [-0.2, -0.15) is 5.10 Å². The van der Waals surface area contributed by atoms with Crippen molar-refractivity contribution in [3.8, 4) is 11.8 Å². The first-order chi connectivity index (χ1) is 7.81. The predicted octanol–water partition coefficient (Wildman–Crippen LogP) is 0.0250. The molecule has 2 heterocycles. The molecular weight excluding hydrogens is 226 g/mol. The second-order valence-electron chi connectivity index (χ2n) is 3.01. The summed E-state index contributed by atoms with van der Waals surface area (Å²) in [6.45, 7) is 0.281. The molecule has 82 valence electrons. The van der Waals surface area contributed by atoms with Crippen LogP contribution in [0.3, 0.4) is 0 Å². The van der Waals surface area contributed by atoms with Gasteiger partial charge < -0.3 is 5.11 Å². The number of hydrogen-bond acceptors (Lipinski definition) is 4. The van der Waals surface area contributed by atoms with E-state index in [4.69, 9.17) is 5.11 Å². The third-order valence-electron chi connectivity index (χ3n) is 1.98. The van der Waals surface area contributed by atoms with Crippen LogP contribution in [0.1, 0.15) is 10.4 Å². The number of aromatic nitrogens is 3. The molecule has 0 unspecified atom stereocenters. The number of rotatable bonds is 2. The van der Waals surface area contributed by atoms with Crippen LogP contribution in [-0.4, -0.2) is 26.5 Å². The molecule has 2 N–H and O–H groups in total. The molecule has 0 saturated heterocycles. The summed E-state index contributed by atoms with van der Waals surface area (Å²) in [6, 6.07) is 1.87. The number of aliphatic hydroxyl groups excluding tert-OH is 1. The Morgan fingerprint density at radius 2 is 2.50 bits per heavy atom. The first kappa shape index (κ1) is 10.7. The summed E-state index contributed by atoms with van der Waals surface area (Å²) >= 11 is 1.52. The van der Waals surface area contributed by atoms with Crippen LogP contribution in [0, 0.1) is 11.8 Å². The lowest BCUT2D eigenvalue weighted by molar-refractivity contribution is 0.350. The van der Waals surface area contributed by atoms with Crippen LogP contribution in [0.15, 0.2) is 22.6 Å². The third kappa shape index (κ3) is 2.21. The van der Waals surface area contributed by atoms with Gasteiger partial charge in [0.1, 0.15) is 12.9 Å². The molecule has 0 fully saturated rings. The minimum Gasteiger partial charge on any atom is -0.384 e. The van der Waals surface area contributed by atoms with E-state index in [1.165, 1.54) is 22.2 Å². The van der Waals surface area contributed by atoms with E-state index in [0.29, 0.717) is 6.54 Å². The summed E-state index contributed by atoms with van der Waals surface area (Å²) in [6.07, 6.45) is 1.45. The van der Waals surface area contributed by atoms with Crippen LogP contribution in [0.2, 0.25) is 0 Å². The SMILES string of the molecule is O=c1[nH]ncn1Cc1sccc1C#CCO. The summed E-state index contributed by atoms with van der Waals surface area (Å²) in [7, 11) is 0. The molecule has 0 saturated carbocycles. The maximum Gasteiger partial charge on any atom is 0.343 e. The zero-order valence-corrected chi connectivity index (χ0v) is 9.12. The number of H-pyrrole nitrogens is 1. The molecule has 0 spiro atoms. The molecule has 0 aliphatic rings. The van der Waals surface area contributed by atoms with Gasteiger partial charge in [-0.25, -0.2) is 9.89 Å². The lowest BCUT2D eigenvalue weighted by atomic mass is 10.2. The van der Waals surface area contributed by atoms with Crippen molar-refractivity contribution in [2.45, 2.75) is 6.54 Å². The largest absolute Gasteiger partial charge is 0.384 e. The highest BCUT2D eigenvalue weighted by Gasteiger charge is 2.04. The fourth-order valence-electron chi connectivity index (χ4n) is 1.25. The van der Waals surface area contributed by atoms with Gasteiger partial charge in [-0.1, -0.05) is 11.8 Å². The average molecular weight is 235 g/mol. The zero-order chi connectivity index (χ0) is 11.4. The molecule has 0 amide bonds. The zero-order valence-electron chi connectivity index (χ0n) is 8.30. The van der Waals surface area contributed by atoms with Crippen LogP contribution in [-0.2, 0) is 6.54 Å². The Balaban J connectivity index is 2.25. The van der Waals surface area contributed by atoms with Gasteiger partial charge in [-0.05, 0) is 11.4 Å². The van der Waals surface area contributed by atoms with Crippen molar-refractivity contribution in [3.63, 3.8) is 0 Å². The van der Waals surface area contributed by atoms with Crippen molar-refractivity contribution in [1.29, 1.82) is 0 Å². The van der Waals surface area contributed by atoms with Crippen LogP contribution in [0.25, 0.3) is 0 Å². The molecule has 0 aromatic carbocycles. The Morgan fingerprint density at radius 1 is 1.62 bits per heavy atom. The topological polar surface area (TPSA) is 70.9 Å². The van der Waals surface area contributed by atoms with Gasteiger partial charge in [0.15, 0.2) is 0 Å². The molecule has 2 aromatic heterocycles. The Labute approximate surface area is 95.4 Å². The van der Waals surface area contributed by atoms with E-state index >= 15 is 0 Å². The molecule has 2 rings (SSSR count). The molecule has 0 aliphatic heterocycles. The predicted molar refractivity (Wildman–Crippen MR) is 60.2 cm³/mol. The van der Waals surface area contributed by atoms with Gasteiger partial charge in [0, 0.05) is 10.4 Å². The van der Waals surface area contributed by atoms with Gasteiger partial charge in [-0.3, -0.25) is 4.57 Å². The van der Waals surface area contributed by atoms with Gasteiger partial charge >= 0.3 is 5.69 Å². The van der Waals surface area contributed by atoms with E-state index < -0.39 is 0 Å². The second-order valence-corrected chi connectivity index (χ2v) is 4.01. The highest BCUT2D eigenvalue weighted by molar-refractivity contribution is 7.10. The molecule has 5 nitrogen and oxygen atoms in total. The summed E-state index contributed by atoms with van der Waals surface area (Å²) in [5.74, 6) is 5.43. The summed E-state index contributed by atoms with van der Waals surface area (Å²) in [5.41, 5.74) is 0.599. The lowest BCUT2D eigenvalue weighted by Crippen LogP contribution is -2.16. The highest BCUT2D eigenvalue weighted by Crippen LogP contribution is 2.16. The van der Waals surface area contributed by atoms with Crippen LogP contribution >= 0.6 is 11.3 Å². The first-order valence-electron chi connectivity index (χ1n) is 4.57.